The Morgan fingerprint density at radius 2 is 1.85 bits per heavy atom. The molecule has 10 heteroatoms. The number of anilines is 1. The third kappa shape index (κ3) is 3.73. The number of carboxylic acid groups (broad SMARTS) is 1. The largest absolute Gasteiger partial charge is 0.586 e. The minimum atomic E-state index is -3.73. The first-order valence-electron chi connectivity index (χ1n) is 10.1. The van der Waals surface area contributed by atoms with Crippen LogP contribution in [-0.4, -0.2) is 33.2 Å². The number of alkyl halides is 2. The van der Waals surface area contributed by atoms with Crippen molar-refractivity contribution >= 4 is 17.7 Å². The minimum absolute atomic E-state index is 0.0856. The molecule has 0 atom stereocenters. The van der Waals surface area contributed by atoms with E-state index in [9.17, 15) is 23.5 Å². The number of aryl methyl sites for hydroxylation is 1. The molecule has 0 bridgehead atoms. The first kappa shape index (κ1) is 20.8. The molecule has 2 N–H and O–H groups in total. The molecular formula is C23H17F2N3O5. The molecule has 0 radical (unpaired) electrons. The lowest BCUT2D eigenvalue weighted by Crippen LogP contribution is -2.28. The lowest BCUT2D eigenvalue weighted by Gasteiger charge is -2.16. The Bertz CT molecular complexity index is 1310. The number of aromatic nitrogens is 2. The maximum absolute atomic E-state index is 13.3. The highest BCUT2D eigenvalue weighted by Crippen LogP contribution is 2.52. The summed E-state index contributed by atoms with van der Waals surface area (Å²) in [5.41, 5.74) is 1.29. The van der Waals surface area contributed by atoms with Crippen LogP contribution in [0.2, 0.25) is 0 Å². The zero-order chi connectivity index (χ0) is 23.4. The van der Waals surface area contributed by atoms with Gasteiger partial charge in [-0.15, -0.1) is 8.78 Å². The summed E-state index contributed by atoms with van der Waals surface area (Å²) in [6, 6.07) is 10.6. The van der Waals surface area contributed by atoms with Crippen LogP contribution in [0.25, 0.3) is 11.3 Å². The molecule has 0 saturated heterocycles. The molecule has 8 nitrogen and oxygen atoms in total. The lowest BCUT2D eigenvalue weighted by atomic mass is 9.94. The SMILES string of the molecule is Cc1ncc(NC(=O)C2(c3ccc4c(c3)OC(F)(F)O4)CC2)nc1-c1cccc(C(=O)O)c1. The average Bonchev–Trinajstić information content (AvgIpc) is 3.52. The Labute approximate surface area is 186 Å². The molecule has 0 unspecified atom stereocenters. The van der Waals surface area contributed by atoms with Crippen LogP contribution in [0.3, 0.4) is 0 Å². The van der Waals surface area contributed by atoms with Gasteiger partial charge in [-0.05, 0) is 49.6 Å². The Kier molecular flexibility index (Phi) is 4.55. The highest BCUT2D eigenvalue weighted by atomic mass is 19.3. The molecule has 33 heavy (non-hydrogen) atoms. The number of aromatic carboxylic acids is 1. The first-order chi connectivity index (χ1) is 15.7. The van der Waals surface area contributed by atoms with Gasteiger partial charge < -0.3 is 19.9 Å². The molecule has 2 heterocycles. The number of fused-ring (bicyclic) bond motifs is 1. The highest BCUT2D eigenvalue weighted by molar-refractivity contribution is 6.01. The van der Waals surface area contributed by atoms with Crippen LogP contribution in [0, 0.1) is 6.92 Å². The number of carboxylic acids is 1. The van der Waals surface area contributed by atoms with Crippen molar-refractivity contribution in [3.05, 3.63) is 65.5 Å². The number of nitrogens with one attached hydrogen (secondary N) is 1. The number of halogens is 2. The van der Waals surface area contributed by atoms with Crippen LogP contribution >= 0.6 is 0 Å². The number of hydrogen-bond donors (Lipinski definition) is 2. The topological polar surface area (TPSA) is 111 Å². The van der Waals surface area contributed by atoms with Gasteiger partial charge in [-0.1, -0.05) is 18.2 Å². The maximum atomic E-state index is 13.3. The van der Waals surface area contributed by atoms with E-state index in [1.807, 2.05) is 0 Å². The third-order valence-corrected chi connectivity index (χ3v) is 5.72. The van der Waals surface area contributed by atoms with E-state index in [-0.39, 0.29) is 28.8 Å². The molecule has 3 aromatic rings. The van der Waals surface area contributed by atoms with Crippen molar-refractivity contribution < 1.29 is 33.0 Å². The average molecular weight is 453 g/mol. The van der Waals surface area contributed by atoms with Crippen LogP contribution in [0.15, 0.2) is 48.7 Å². The minimum Gasteiger partial charge on any atom is -0.478 e. The summed E-state index contributed by atoms with van der Waals surface area (Å²) in [4.78, 5) is 33.2. The summed E-state index contributed by atoms with van der Waals surface area (Å²) >= 11 is 0. The fourth-order valence-corrected chi connectivity index (χ4v) is 3.84. The van der Waals surface area contributed by atoms with Gasteiger partial charge in [0.15, 0.2) is 17.3 Å². The summed E-state index contributed by atoms with van der Waals surface area (Å²) in [7, 11) is 0. The van der Waals surface area contributed by atoms with Crippen molar-refractivity contribution in [1.29, 1.82) is 0 Å². The van der Waals surface area contributed by atoms with Crippen molar-refractivity contribution in [2.75, 3.05) is 5.32 Å². The predicted octanol–water partition coefficient (Wildman–Crippen LogP) is 4.14. The van der Waals surface area contributed by atoms with Crippen LogP contribution in [0.1, 0.15) is 34.5 Å². The zero-order valence-electron chi connectivity index (χ0n) is 17.3. The third-order valence-electron chi connectivity index (χ3n) is 5.72. The lowest BCUT2D eigenvalue weighted by molar-refractivity contribution is -0.286. The Morgan fingerprint density at radius 3 is 2.58 bits per heavy atom. The van der Waals surface area contributed by atoms with Crippen molar-refractivity contribution in [2.24, 2.45) is 0 Å². The fraction of sp³-hybridized carbons (Fsp3) is 0.217. The summed E-state index contributed by atoms with van der Waals surface area (Å²) in [6.45, 7) is 1.73. The summed E-state index contributed by atoms with van der Waals surface area (Å²) in [5.74, 6) is -1.43. The van der Waals surface area contributed by atoms with Crippen molar-refractivity contribution in [3.8, 4) is 22.8 Å². The van der Waals surface area contributed by atoms with Gasteiger partial charge in [0.25, 0.3) is 0 Å². The highest BCUT2D eigenvalue weighted by Gasteiger charge is 2.53. The van der Waals surface area contributed by atoms with Gasteiger partial charge >= 0.3 is 12.3 Å². The van der Waals surface area contributed by atoms with E-state index in [0.717, 1.165) is 0 Å². The number of ether oxygens (including phenoxy) is 2. The van der Waals surface area contributed by atoms with Crippen molar-refractivity contribution in [1.82, 2.24) is 9.97 Å². The second-order valence-electron chi connectivity index (χ2n) is 7.94. The van der Waals surface area contributed by atoms with Crippen molar-refractivity contribution in [2.45, 2.75) is 31.5 Å². The molecule has 2 aliphatic rings. The van der Waals surface area contributed by atoms with E-state index in [1.165, 1.54) is 30.5 Å². The van der Waals surface area contributed by atoms with Gasteiger partial charge in [-0.3, -0.25) is 9.78 Å². The van der Waals surface area contributed by atoms with Crippen LogP contribution in [-0.2, 0) is 10.2 Å². The van der Waals surface area contributed by atoms with E-state index in [2.05, 4.69) is 24.8 Å². The van der Waals surface area contributed by atoms with Crippen molar-refractivity contribution in [3.63, 3.8) is 0 Å². The molecular weight excluding hydrogens is 436 g/mol. The smallest absolute Gasteiger partial charge is 0.478 e. The Morgan fingerprint density at radius 1 is 1.09 bits per heavy atom. The van der Waals surface area contributed by atoms with Crippen LogP contribution in [0.4, 0.5) is 14.6 Å². The van der Waals surface area contributed by atoms with Crippen LogP contribution in [0.5, 0.6) is 11.5 Å². The molecule has 1 saturated carbocycles. The molecule has 1 aliphatic heterocycles. The van der Waals surface area contributed by atoms with Gasteiger partial charge in [0.1, 0.15) is 0 Å². The standard InChI is InChI=1S/C23H17F2N3O5/c1-12-19(13-3-2-4-14(9-13)20(29)30)27-18(11-26-12)28-21(31)22(7-8-22)15-5-6-16-17(10-15)33-23(24,25)32-16/h2-6,9-11H,7-8H2,1H3,(H,29,30)(H,27,28,31). The molecule has 2 aromatic carbocycles. The normalized spacial score (nSPS) is 16.8. The van der Waals surface area contributed by atoms with Crippen LogP contribution < -0.4 is 14.8 Å². The molecule has 168 valence electrons. The van der Waals surface area contributed by atoms with E-state index >= 15 is 0 Å². The fourth-order valence-electron chi connectivity index (χ4n) is 3.84. The number of carbonyl (C=O) groups excluding carboxylic acids is 1. The summed E-state index contributed by atoms with van der Waals surface area (Å²) in [5, 5.41) is 12.0. The molecule has 1 aliphatic carbocycles. The number of benzene rings is 2. The summed E-state index contributed by atoms with van der Waals surface area (Å²) in [6.07, 6.45) is -1.26. The quantitative estimate of drug-likeness (QED) is 0.597. The molecule has 5 rings (SSSR count). The maximum Gasteiger partial charge on any atom is 0.586 e. The molecule has 1 amide bonds. The van der Waals surface area contributed by atoms with Gasteiger partial charge in [0, 0.05) is 5.56 Å². The van der Waals surface area contributed by atoms with Gasteiger partial charge in [0.05, 0.1) is 28.6 Å². The molecule has 1 fully saturated rings. The Balaban J connectivity index is 1.40. The van der Waals surface area contributed by atoms with E-state index in [4.69, 9.17) is 0 Å². The monoisotopic (exact) mass is 453 g/mol. The first-order valence-corrected chi connectivity index (χ1v) is 10.1. The molecule has 0 spiro atoms. The number of carbonyl (C=O) groups is 2. The zero-order valence-corrected chi connectivity index (χ0v) is 17.3. The number of nitrogens with zero attached hydrogens (tertiary/aromatic N) is 2. The summed E-state index contributed by atoms with van der Waals surface area (Å²) < 4.78 is 35.6. The van der Waals surface area contributed by atoms with Gasteiger partial charge in [-0.2, -0.15) is 0 Å². The van der Waals surface area contributed by atoms with Gasteiger partial charge in [-0.25, -0.2) is 9.78 Å². The number of amides is 1. The molecule has 1 aromatic heterocycles. The number of hydrogen-bond acceptors (Lipinski definition) is 6. The predicted molar refractivity (Wildman–Crippen MR) is 111 cm³/mol. The Hall–Kier alpha value is -4.08. The second kappa shape index (κ2) is 7.22. The van der Waals surface area contributed by atoms with Gasteiger partial charge in [0.2, 0.25) is 5.91 Å². The van der Waals surface area contributed by atoms with E-state index < -0.39 is 17.7 Å². The van der Waals surface area contributed by atoms with E-state index in [0.29, 0.717) is 35.4 Å². The number of rotatable bonds is 5. The van der Waals surface area contributed by atoms with E-state index in [1.54, 1.807) is 25.1 Å². The second-order valence-corrected chi connectivity index (χ2v) is 7.94.